The first-order valence-corrected chi connectivity index (χ1v) is 5.11. The highest BCUT2D eigenvalue weighted by Gasteiger charge is 1.96. The van der Waals surface area contributed by atoms with Crippen LogP contribution in [0, 0.1) is 0 Å². The van der Waals surface area contributed by atoms with Crippen LogP contribution in [0.5, 0.6) is 0 Å². The molecule has 0 radical (unpaired) electrons. The molecule has 4 heteroatoms. The normalized spacial score (nSPS) is 15.2. The molecule has 0 spiro atoms. The number of ether oxygens (including phenoxy) is 1. The van der Waals surface area contributed by atoms with E-state index in [1.165, 1.54) is 12.0 Å². The molecular formula is C12H13N3O. The zero-order chi connectivity index (χ0) is 11.1. The Morgan fingerprint density at radius 2 is 2.19 bits per heavy atom. The lowest BCUT2D eigenvalue weighted by Gasteiger charge is -2.00. The van der Waals surface area contributed by atoms with Crippen LogP contribution in [0.15, 0.2) is 40.4 Å². The van der Waals surface area contributed by atoms with Crippen LogP contribution in [0.25, 0.3) is 6.08 Å². The fourth-order valence-electron chi connectivity index (χ4n) is 1.30. The number of aliphatic imine (C=N–C) groups is 1. The molecule has 1 aromatic rings. The smallest absolute Gasteiger partial charge is 0.169 e. The number of benzene rings is 1. The summed E-state index contributed by atoms with van der Waals surface area (Å²) >= 11 is 0. The second-order valence-corrected chi connectivity index (χ2v) is 3.22. The van der Waals surface area contributed by atoms with Crippen molar-refractivity contribution in [2.45, 2.75) is 0 Å². The second kappa shape index (κ2) is 5.70. The monoisotopic (exact) mass is 215 g/mol. The van der Waals surface area contributed by atoms with Crippen LogP contribution in [0.3, 0.4) is 0 Å². The van der Waals surface area contributed by atoms with Crippen molar-refractivity contribution in [3.63, 3.8) is 0 Å². The highest BCUT2D eigenvalue weighted by molar-refractivity contribution is 5.83. The van der Waals surface area contributed by atoms with E-state index in [4.69, 9.17) is 0 Å². The van der Waals surface area contributed by atoms with E-state index < -0.39 is 0 Å². The summed E-state index contributed by atoms with van der Waals surface area (Å²) in [5.74, 6) is 0. The van der Waals surface area contributed by atoms with Crippen LogP contribution in [0.1, 0.15) is 5.56 Å². The summed E-state index contributed by atoms with van der Waals surface area (Å²) < 4.78 is 4.65. The summed E-state index contributed by atoms with van der Waals surface area (Å²) in [5, 5.41) is 3.95. The average Bonchev–Trinajstić information content (AvgIpc) is 2.81. The Hall–Kier alpha value is -2.10. The van der Waals surface area contributed by atoms with Gasteiger partial charge in [0.1, 0.15) is 6.61 Å². The van der Waals surface area contributed by atoms with Crippen molar-refractivity contribution in [1.29, 1.82) is 0 Å². The van der Waals surface area contributed by atoms with E-state index in [-0.39, 0.29) is 0 Å². The van der Waals surface area contributed by atoms with Gasteiger partial charge >= 0.3 is 0 Å². The van der Waals surface area contributed by atoms with Crippen molar-refractivity contribution in [2.75, 3.05) is 18.6 Å². The van der Waals surface area contributed by atoms with Crippen LogP contribution in [0.4, 0.5) is 5.69 Å². The first-order chi connectivity index (χ1) is 7.97. The van der Waals surface area contributed by atoms with E-state index in [9.17, 15) is 0 Å². The number of nitrogens with one attached hydrogen (secondary N) is 1. The average molecular weight is 215 g/mol. The molecule has 0 aromatic heterocycles. The van der Waals surface area contributed by atoms with Crippen molar-refractivity contribution >= 4 is 24.4 Å². The van der Waals surface area contributed by atoms with Crippen molar-refractivity contribution in [3.8, 4) is 0 Å². The summed E-state index contributed by atoms with van der Waals surface area (Å²) in [7, 11) is 0. The zero-order valence-electron chi connectivity index (χ0n) is 8.84. The number of hydrazone groups is 1. The van der Waals surface area contributed by atoms with Gasteiger partial charge in [0.25, 0.3) is 0 Å². The van der Waals surface area contributed by atoms with Gasteiger partial charge in [-0.25, -0.2) is 0 Å². The number of rotatable bonds is 0. The molecule has 1 aromatic carbocycles. The molecule has 2 aliphatic rings. The van der Waals surface area contributed by atoms with Crippen molar-refractivity contribution in [3.05, 3.63) is 35.9 Å². The van der Waals surface area contributed by atoms with Crippen molar-refractivity contribution in [1.82, 2.24) is 0 Å². The number of hydrogen-bond acceptors (Lipinski definition) is 4. The molecule has 0 unspecified atom stereocenters. The number of allylic oxidation sites excluding steroid dienone is 1. The van der Waals surface area contributed by atoms with Gasteiger partial charge in [-0.15, -0.1) is 0 Å². The van der Waals surface area contributed by atoms with Gasteiger partial charge in [0.2, 0.25) is 0 Å². The first kappa shape index (κ1) is 10.4. The number of nitrogens with zero attached hydrogens (tertiary/aromatic N) is 2. The fourth-order valence-corrected chi connectivity index (χ4v) is 1.30. The SMILES string of the molecule is C1=Cc2ccccc2NN=C1.C1=NCCO1. The van der Waals surface area contributed by atoms with E-state index in [1.54, 1.807) is 6.21 Å². The third kappa shape index (κ3) is 2.95. The van der Waals surface area contributed by atoms with E-state index in [1.807, 2.05) is 36.4 Å². The van der Waals surface area contributed by atoms with Gasteiger partial charge in [-0.2, -0.15) is 5.10 Å². The van der Waals surface area contributed by atoms with Crippen LogP contribution >= 0.6 is 0 Å². The molecular weight excluding hydrogens is 202 g/mol. The fraction of sp³-hybridized carbons (Fsp3) is 0.167. The van der Waals surface area contributed by atoms with Gasteiger partial charge in [0, 0.05) is 6.21 Å². The third-order valence-electron chi connectivity index (χ3n) is 2.07. The minimum atomic E-state index is 0.778. The summed E-state index contributed by atoms with van der Waals surface area (Å²) in [6.45, 7) is 1.62. The molecule has 1 N–H and O–H groups in total. The molecule has 16 heavy (non-hydrogen) atoms. The first-order valence-electron chi connectivity index (χ1n) is 5.11. The number of anilines is 1. The quantitative estimate of drug-likeness (QED) is 0.720. The van der Waals surface area contributed by atoms with E-state index in [0.717, 1.165) is 18.8 Å². The molecule has 4 nitrogen and oxygen atoms in total. The molecule has 0 bridgehead atoms. The molecule has 0 fully saturated rings. The molecule has 0 atom stereocenters. The molecule has 2 aliphatic heterocycles. The Morgan fingerprint density at radius 3 is 2.94 bits per heavy atom. The van der Waals surface area contributed by atoms with Gasteiger partial charge < -0.3 is 4.74 Å². The Bertz CT molecular complexity index is 418. The largest absolute Gasteiger partial charge is 0.482 e. The number of para-hydroxylation sites is 1. The maximum Gasteiger partial charge on any atom is 0.169 e. The maximum absolute atomic E-state index is 4.65. The van der Waals surface area contributed by atoms with Crippen LogP contribution < -0.4 is 5.43 Å². The lowest BCUT2D eigenvalue weighted by atomic mass is 10.2. The van der Waals surface area contributed by atoms with Gasteiger partial charge in [-0.3, -0.25) is 10.4 Å². The Morgan fingerprint density at radius 1 is 1.25 bits per heavy atom. The van der Waals surface area contributed by atoms with Gasteiger partial charge in [0.15, 0.2) is 6.40 Å². The lowest BCUT2D eigenvalue weighted by molar-refractivity contribution is 0.361. The maximum atomic E-state index is 4.65. The molecule has 2 heterocycles. The third-order valence-corrected chi connectivity index (χ3v) is 2.07. The molecule has 0 saturated carbocycles. The predicted molar refractivity (Wildman–Crippen MR) is 66.9 cm³/mol. The summed E-state index contributed by atoms with van der Waals surface area (Å²) in [5.41, 5.74) is 5.16. The Balaban J connectivity index is 0.000000162. The summed E-state index contributed by atoms with van der Waals surface area (Å²) in [6.07, 6.45) is 7.16. The summed E-state index contributed by atoms with van der Waals surface area (Å²) in [6, 6.07) is 8.05. The highest BCUT2D eigenvalue weighted by atomic mass is 16.5. The van der Waals surface area contributed by atoms with Crippen LogP contribution in [0.2, 0.25) is 0 Å². The number of fused-ring (bicyclic) bond motifs is 1. The van der Waals surface area contributed by atoms with Gasteiger partial charge in [0.05, 0.1) is 12.2 Å². The van der Waals surface area contributed by atoms with Crippen molar-refractivity contribution in [2.24, 2.45) is 10.1 Å². The molecule has 0 saturated heterocycles. The zero-order valence-corrected chi connectivity index (χ0v) is 8.84. The molecule has 0 amide bonds. The second-order valence-electron chi connectivity index (χ2n) is 3.22. The van der Waals surface area contributed by atoms with Crippen molar-refractivity contribution < 1.29 is 4.74 Å². The highest BCUT2D eigenvalue weighted by Crippen LogP contribution is 2.17. The minimum Gasteiger partial charge on any atom is -0.482 e. The summed E-state index contributed by atoms with van der Waals surface area (Å²) in [4.78, 5) is 3.74. The standard InChI is InChI=1S/C9H8N2.C3H5NO/c1-2-6-9-8(4-1)5-3-7-10-11-9;1-2-5-3-4-1/h1-7,11H;3H,1-2H2. The lowest BCUT2D eigenvalue weighted by Crippen LogP contribution is -1.87. The topological polar surface area (TPSA) is 46.0 Å². The minimum absolute atomic E-state index is 0.778. The molecule has 82 valence electrons. The van der Waals surface area contributed by atoms with Crippen LogP contribution in [-0.2, 0) is 4.74 Å². The Kier molecular flexibility index (Phi) is 3.71. The Labute approximate surface area is 94.3 Å². The molecule has 0 aliphatic carbocycles. The number of hydrogen-bond donors (Lipinski definition) is 1. The molecule has 3 rings (SSSR count). The van der Waals surface area contributed by atoms with E-state index in [0.29, 0.717) is 0 Å². The van der Waals surface area contributed by atoms with E-state index in [2.05, 4.69) is 20.3 Å². The van der Waals surface area contributed by atoms with Gasteiger partial charge in [-0.1, -0.05) is 24.3 Å². The van der Waals surface area contributed by atoms with Crippen LogP contribution in [-0.4, -0.2) is 25.8 Å². The predicted octanol–water partition coefficient (Wildman–Crippen LogP) is 2.16. The van der Waals surface area contributed by atoms with Gasteiger partial charge in [-0.05, 0) is 17.7 Å². The van der Waals surface area contributed by atoms with E-state index >= 15 is 0 Å².